The SMILES string of the molecule is O=C(Cn1nc(Br)cc1Br)NC1CCCCC1. The fourth-order valence-electron chi connectivity index (χ4n) is 2.13. The number of carbonyl (C=O) groups is 1. The Morgan fingerprint density at radius 3 is 2.71 bits per heavy atom. The molecule has 1 heterocycles. The molecule has 0 bridgehead atoms. The van der Waals surface area contributed by atoms with Gasteiger partial charge in [0, 0.05) is 12.1 Å². The van der Waals surface area contributed by atoms with Crippen LogP contribution in [0.4, 0.5) is 0 Å². The van der Waals surface area contributed by atoms with Crippen molar-refractivity contribution in [3.05, 3.63) is 15.3 Å². The maximum atomic E-state index is 11.8. The molecule has 1 N–H and O–H groups in total. The van der Waals surface area contributed by atoms with Crippen molar-refractivity contribution in [1.29, 1.82) is 0 Å². The first-order valence-corrected chi connectivity index (χ1v) is 7.42. The zero-order chi connectivity index (χ0) is 12.3. The van der Waals surface area contributed by atoms with Gasteiger partial charge in [-0.25, -0.2) is 4.68 Å². The van der Waals surface area contributed by atoms with E-state index < -0.39 is 0 Å². The van der Waals surface area contributed by atoms with Gasteiger partial charge < -0.3 is 5.32 Å². The lowest BCUT2D eigenvalue weighted by atomic mass is 9.95. The Labute approximate surface area is 117 Å². The number of halogens is 2. The molecule has 0 spiro atoms. The largest absolute Gasteiger partial charge is 0.352 e. The van der Waals surface area contributed by atoms with Crippen LogP contribution in [0.2, 0.25) is 0 Å². The standard InChI is InChI=1S/C11H15Br2N3O/c12-9-6-10(13)16(15-9)7-11(17)14-8-4-2-1-3-5-8/h6,8H,1-5,7H2,(H,14,17). The third-order valence-corrected chi connectivity index (χ3v) is 3.99. The Morgan fingerprint density at radius 1 is 1.41 bits per heavy atom. The van der Waals surface area contributed by atoms with Gasteiger partial charge in [0.1, 0.15) is 15.8 Å². The zero-order valence-corrected chi connectivity index (χ0v) is 12.6. The summed E-state index contributed by atoms with van der Waals surface area (Å²) in [5.74, 6) is 0.0354. The summed E-state index contributed by atoms with van der Waals surface area (Å²) >= 11 is 6.64. The van der Waals surface area contributed by atoms with Gasteiger partial charge in [0.05, 0.1) is 0 Å². The van der Waals surface area contributed by atoms with Gasteiger partial charge in [0.2, 0.25) is 5.91 Å². The molecule has 1 aromatic heterocycles. The molecular weight excluding hydrogens is 350 g/mol. The third-order valence-electron chi connectivity index (χ3n) is 2.96. The molecular formula is C11H15Br2N3O. The Kier molecular flexibility index (Phi) is 4.62. The normalized spacial score (nSPS) is 17.1. The molecule has 1 saturated carbocycles. The van der Waals surface area contributed by atoms with Crippen molar-refractivity contribution in [2.24, 2.45) is 0 Å². The van der Waals surface area contributed by atoms with Crippen LogP contribution >= 0.6 is 31.9 Å². The topological polar surface area (TPSA) is 46.9 Å². The van der Waals surface area contributed by atoms with Crippen molar-refractivity contribution in [3.63, 3.8) is 0 Å². The van der Waals surface area contributed by atoms with Crippen LogP contribution in [-0.2, 0) is 11.3 Å². The molecule has 0 saturated heterocycles. The predicted octanol–water partition coefficient (Wildman–Crippen LogP) is 2.86. The van der Waals surface area contributed by atoms with Crippen LogP contribution in [0.5, 0.6) is 0 Å². The summed E-state index contributed by atoms with van der Waals surface area (Å²) in [5, 5.41) is 7.24. The summed E-state index contributed by atoms with van der Waals surface area (Å²) in [4.78, 5) is 11.8. The number of rotatable bonds is 3. The first-order chi connectivity index (χ1) is 8.15. The number of nitrogens with zero attached hydrogens (tertiary/aromatic N) is 2. The molecule has 2 rings (SSSR count). The van der Waals surface area contributed by atoms with Gasteiger partial charge in [-0.15, -0.1) is 0 Å². The number of hydrogen-bond donors (Lipinski definition) is 1. The van der Waals surface area contributed by atoms with Crippen molar-refractivity contribution in [1.82, 2.24) is 15.1 Å². The summed E-state index contributed by atoms with van der Waals surface area (Å²) in [6.07, 6.45) is 5.96. The van der Waals surface area contributed by atoms with Crippen molar-refractivity contribution in [2.75, 3.05) is 0 Å². The Bertz CT molecular complexity index is 399. The van der Waals surface area contributed by atoms with Crippen LogP contribution in [0.1, 0.15) is 32.1 Å². The van der Waals surface area contributed by atoms with Gasteiger partial charge >= 0.3 is 0 Å². The van der Waals surface area contributed by atoms with E-state index in [0.29, 0.717) is 6.04 Å². The van der Waals surface area contributed by atoms with Crippen molar-refractivity contribution in [3.8, 4) is 0 Å². The van der Waals surface area contributed by atoms with E-state index in [4.69, 9.17) is 0 Å². The van der Waals surface area contributed by atoms with E-state index >= 15 is 0 Å². The highest BCUT2D eigenvalue weighted by atomic mass is 79.9. The molecule has 17 heavy (non-hydrogen) atoms. The second-order valence-corrected chi connectivity index (χ2v) is 5.97. The highest BCUT2D eigenvalue weighted by Gasteiger charge is 2.16. The van der Waals surface area contributed by atoms with Crippen LogP contribution in [0.25, 0.3) is 0 Å². The van der Waals surface area contributed by atoms with E-state index in [1.807, 2.05) is 6.07 Å². The lowest BCUT2D eigenvalue weighted by Gasteiger charge is -2.22. The van der Waals surface area contributed by atoms with E-state index in [0.717, 1.165) is 22.0 Å². The minimum Gasteiger partial charge on any atom is -0.352 e. The van der Waals surface area contributed by atoms with Crippen molar-refractivity contribution >= 4 is 37.8 Å². The number of carbonyl (C=O) groups excluding carboxylic acids is 1. The quantitative estimate of drug-likeness (QED) is 0.896. The smallest absolute Gasteiger partial charge is 0.241 e. The minimum absolute atomic E-state index is 0.0354. The summed E-state index contributed by atoms with van der Waals surface area (Å²) in [6.45, 7) is 0.267. The minimum atomic E-state index is 0.0354. The fraction of sp³-hybridized carbons (Fsp3) is 0.636. The highest BCUT2D eigenvalue weighted by molar-refractivity contribution is 9.11. The number of aromatic nitrogens is 2. The number of amides is 1. The van der Waals surface area contributed by atoms with Crippen LogP contribution in [0.15, 0.2) is 15.3 Å². The molecule has 0 unspecified atom stereocenters. The summed E-state index contributed by atoms with van der Waals surface area (Å²) in [6, 6.07) is 2.18. The first kappa shape index (κ1) is 13.1. The second-order valence-electron chi connectivity index (χ2n) is 4.35. The Hall–Kier alpha value is -0.360. The number of hydrogen-bond acceptors (Lipinski definition) is 2. The molecule has 0 aliphatic heterocycles. The van der Waals surface area contributed by atoms with Gasteiger partial charge in [0.25, 0.3) is 0 Å². The zero-order valence-electron chi connectivity index (χ0n) is 9.46. The van der Waals surface area contributed by atoms with Gasteiger partial charge in [0.15, 0.2) is 0 Å². The summed E-state index contributed by atoms with van der Waals surface area (Å²) in [5.41, 5.74) is 0. The van der Waals surface area contributed by atoms with E-state index in [-0.39, 0.29) is 12.5 Å². The lowest BCUT2D eigenvalue weighted by Crippen LogP contribution is -2.38. The molecule has 0 radical (unpaired) electrons. The van der Waals surface area contributed by atoms with Crippen LogP contribution in [-0.4, -0.2) is 21.7 Å². The summed E-state index contributed by atoms with van der Waals surface area (Å²) < 4.78 is 3.18. The van der Waals surface area contributed by atoms with E-state index in [2.05, 4.69) is 42.3 Å². The van der Waals surface area contributed by atoms with E-state index in [1.165, 1.54) is 19.3 Å². The summed E-state index contributed by atoms with van der Waals surface area (Å²) in [7, 11) is 0. The molecule has 0 aromatic carbocycles. The van der Waals surface area contributed by atoms with Gasteiger partial charge in [-0.2, -0.15) is 5.10 Å². The fourth-order valence-corrected chi connectivity index (χ4v) is 3.27. The molecule has 0 atom stereocenters. The van der Waals surface area contributed by atoms with Crippen molar-refractivity contribution < 1.29 is 4.79 Å². The maximum absolute atomic E-state index is 11.8. The predicted molar refractivity (Wildman–Crippen MR) is 72.6 cm³/mol. The Morgan fingerprint density at radius 2 is 2.12 bits per heavy atom. The molecule has 6 heteroatoms. The molecule has 1 aliphatic rings. The van der Waals surface area contributed by atoms with Gasteiger partial charge in [-0.05, 0) is 44.7 Å². The average molecular weight is 365 g/mol. The number of nitrogens with one attached hydrogen (secondary N) is 1. The molecule has 1 aromatic rings. The van der Waals surface area contributed by atoms with Crippen molar-refractivity contribution in [2.45, 2.75) is 44.7 Å². The monoisotopic (exact) mass is 363 g/mol. The molecule has 1 fully saturated rings. The van der Waals surface area contributed by atoms with E-state index in [9.17, 15) is 4.79 Å². The highest BCUT2D eigenvalue weighted by Crippen LogP contribution is 2.18. The molecule has 94 valence electrons. The molecule has 4 nitrogen and oxygen atoms in total. The lowest BCUT2D eigenvalue weighted by molar-refractivity contribution is -0.122. The third kappa shape index (κ3) is 3.81. The van der Waals surface area contributed by atoms with Gasteiger partial charge in [-0.1, -0.05) is 19.3 Å². The molecule has 1 aliphatic carbocycles. The second kappa shape index (κ2) is 6.00. The van der Waals surface area contributed by atoms with Crippen LogP contribution < -0.4 is 5.32 Å². The first-order valence-electron chi connectivity index (χ1n) is 5.83. The average Bonchev–Trinajstić information content (AvgIpc) is 2.58. The van der Waals surface area contributed by atoms with E-state index in [1.54, 1.807) is 4.68 Å². The Balaban J connectivity index is 1.86. The van der Waals surface area contributed by atoms with Crippen LogP contribution in [0, 0.1) is 0 Å². The molecule has 1 amide bonds. The van der Waals surface area contributed by atoms with Gasteiger partial charge in [-0.3, -0.25) is 4.79 Å². The maximum Gasteiger partial charge on any atom is 0.241 e. The van der Waals surface area contributed by atoms with Crippen LogP contribution in [0.3, 0.4) is 0 Å².